The average Bonchev–Trinajstić information content (AvgIpc) is 3.21. The van der Waals surface area contributed by atoms with Crippen LogP contribution in [0.5, 0.6) is 0 Å². The van der Waals surface area contributed by atoms with Gasteiger partial charge < -0.3 is 4.90 Å². The van der Waals surface area contributed by atoms with E-state index in [1.165, 1.54) is 5.56 Å². The van der Waals surface area contributed by atoms with Crippen molar-refractivity contribution in [1.29, 1.82) is 0 Å². The van der Waals surface area contributed by atoms with Gasteiger partial charge in [-0.05, 0) is 67.7 Å². The SMILES string of the molecule is Cc1cc(C2C[C@H]3CC[C@@H](C2)N3C(=O)CCc2cn[nH]c2)ccc1F. The van der Waals surface area contributed by atoms with Gasteiger partial charge >= 0.3 is 0 Å². The van der Waals surface area contributed by atoms with Gasteiger partial charge in [0.05, 0.1) is 6.20 Å². The number of aryl methyl sites for hydroxylation is 2. The molecule has 2 saturated heterocycles. The number of hydrogen-bond acceptors (Lipinski definition) is 2. The second kappa shape index (κ2) is 6.62. The summed E-state index contributed by atoms with van der Waals surface area (Å²) < 4.78 is 13.5. The first-order chi connectivity index (χ1) is 12.1. The van der Waals surface area contributed by atoms with Crippen molar-refractivity contribution < 1.29 is 9.18 Å². The monoisotopic (exact) mass is 341 g/mol. The number of nitrogens with zero attached hydrogens (tertiary/aromatic N) is 2. The second-order valence-corrected chi connectivity index (χ2v) is 7.47. The first-order valence-corrected chi connectivity index (χ1v) is 9.16. The van der Waals surface area contributed by atoms with Gasteiger partial charge in [-0.25, -0.2) is 4.39 Å². The Morgan fingerprint density at radius 2 is 2.08 bits per heavy atom. The largest absolute Gasteiger partial charge is 0.337 e. The highest BCUT2D eigenvalue weighted by atomic mass is 19.1. The lowest BCUT2D eigenvalue weighted by molar-refractivity contribution is -0.135. The second-order valence-electron chi connectivity index (χ2n) is 7.47. The number of piperidine rings is 1. The van der Waals surface area contributed by atoms with Crippen LogP contribution in [0.3, 0.4) is 0 Å². The Bertz CT molecular complexity index is 744. The molecule has 1 unspecified atom stereocenters. The number of aromatic nitrogens is 2. The van der Waals surface area contributed by atoms with E-state index in [0.29, 0.717) is 30.0 Å². The molecular formula is C20H24FN3O. The van der Waals surface area contributed by atoms with E-state index in [-0.39, 0.29) is 11.7 Å². The van der Waals surface area contributed by atoms with Crippen LogP contribution in [0.25, 0.3) is 0 Å². The lowest BCUT2D eigenvalue weighted by Crippen LogP contribution is -2.46. The minimum absolute atomic E-state index is 0.140. The zero-order valence-electron chi connectivity index (χ0n) is 14.5. The smallest absolute Gasteiger partial charge is 0.223 e. The maximum absolute atomic E-state index is 13.5. The highest BCUT2D eigenvalue weighted by molar-refractivity contribution is 5.77. The topological polar surface area (TPSA) is 49.0 Å². The third kappa shape index (κ3) is 3.20. The van der Waals surface area contributed by atoms with Gasteiger partial charge in [0.1, 0.15) is 5.82 Å². The summed E-state index contributed by atoms with van der Waals surface area (Å²) in [5.74, 6) is 0.566. The third-order valence-electron chi connectivity index (χ3n) is 5.86. The summed E-state index contributed by atoms with van der Waals surface area (Å²) in [5, 5.41) is 6.73. The molecule has 3 atom stereocenters. The molecule has 1 aromatic carbocycles. The molecule has 132 valence electrons. The summed E-state index contributed by atoms with van der Waals surface area (Å²) in [7, 11) is 0. The Kier molecular flexibility index (Phi) is 4.32. The van der Waals surface area contributed by atoms with Crippen LogP contribution in [0.2, 0.25) is 0 Å². The highest BCUT2D eigenvalue weighted by Gasteiger charge is 2.43. The molecule has 0 aliphatic carbocycles. The number of amides is 1. The van der Waals surface area contributed by atoms with E-state index in [2.05, 4.69) is 15.1 Å². The molecule has 1 aromatic heterocycles. The lowest BCUT2D eigenvalue weighted by Gasteiger charge is -2.39. The van der Waals surface area contributed by atoms with Crippen LogP contribution >= 0.6 is 0 Å². The Morgan fingerprint density at radius 3 is 2.72 bits per heavy atom. The van der Waals surface area contributed by atoms with Crippen LogP contribution in [0.4, 0.5) is 4.39 Å². The van der Waals surface area contributed by atoms with E-state index in [1.807, 2.05) is 25.3 Å². The van der Waals surface area contributed by atoms with Crippen LogP contribution in [-0.2, 0) is 11.2 Å². The van der Waals surface area contributed by atoms with Crippen molar-refractivity contribution in [3.8, 4) is 0 Å². The number of carbonyl (C=O) groups excluding carboxylic acids is 1. The number of benzene rings is 1. The fourth-order valence-corrected chi connectivity index (χ4v) is 4.57. The van der Waals surface area contributed by atoms with Crippen molar-refractivity contribution in [1.82, 2.24) is 15.1 Å². The normalized spacial score (nSPS) is 25.4. The van der Waals surface area contributed by atoms with E-state index in [1.54, 1.807) is 12.3 Å². The Labute approximate surface area is 147 Å². The quantitative estimate of drug-likeness (QED) is 0.921. The van der Waals surface area contributed by atoms with Gasteiger partial charge in [0.25, 0.3) is 0 Å². The molecule has 2 fully saturated rings. The van der Waals surface area contributed by atoms with Gasteiger partial charge in [-0.3, -0.25) is 9.89 Å². The fourth-order valence-electron chi connectivity index (χ4n) is 4.57. The van der Waals surface area contributed by atoms with Crippen LogP contribution in [0.1, 0.15) is 54.7 Å². The molecule has 1 N–H and O–H groups in total. The number of H-pyrrole nitrogens is 1. The molecule has 2 bridgehead atoms. The van der Waals surface area contributed by atoms with E-state index in [0.717, 1.165) is 37.7 Å². The molecule has 4 nitrogen and oxygen atoms in total. The molecule has 4 rings (SSSR count). The van der Waals surface area contributed by atoms with Crippen LogP contribution < -0.4 is 0 Å². The molecule has 5 heteroatoms. The predicted octanol–water partition coefficient (Wildman–Crippen LogP) is 3.73. The molecule has 0 spiro atoms. The number of hydrogen-bond donors (Lipinski definition) is 1. The first kappa shape index (κ1) is 16.3. The van der Waals surface area contributed by atoms with Crippen molar-refractivity contribution in [2.45, 2.75) is 63.5 Å². The number of rotatable bonds is 4. The van der Waals surface area contributed by atoms with E-state index < -0.39 is 0 Å². The predicted molar refractivity (Wildman–Crippen MR) is 93.7 cm³/mol. The molecule has 2 aliphatic heterocycles. The first-order valence-electron chi connectivity index (χ1n) is 9.16. The van der Waals surface area contributed by atoms with Gasteiger partial charge in [0.15, 0.2) is 0 Å². The van der Waals surface area contributed by atoms with Gasteiger partial charge in [-0.2, -0.15) is 5.10 Å². The highest BCUT2D eigenvalue weighted by Crippen LogP contribution is 2.43. The maximum atomic E-state index is 13.5. The van der Waals surface area contributed by atoms with Gasteiger partial charge in [0, 0.05) is 24.7 Å². The summed E-state index contributed by atoms with van der Waals surface area (Å²) in [4.78, 5) is 14.9. The molecular weight excluding hydrogens is 317 g/mol. The minimum Gasteiger partial charge on any atom is -0.337 e. The third-order valence-corrected chi connectivity index (χ3v) is 5.86. The summed E-state index contributed by atoms with van der Waals surface area (Å²) >= 11 is 0. The van der Waals surface area contributed by atoms with Crippen LogP contribution in [-0.4, -0.2) is 33.1 Å². The molecule has 1 amide bonds. The number of halogens is 1. The van der Waals surface area contributed by atoms with Crippen molar-refractivity contribution in [2.75, 3.05) is 0 Å². The summed E-state index contributed by atoms with van der Waals surface area (Å²) in [6.07, 6.45) is 9.12. The Balaban J connectivity index is 1.42. The summed E-state index contributed by atoms with van der Waals surface area (Å²) in [6.45, 7) is 1.82. The standard InChI is InChI=1S/C20H24FN3O/c1-13-8-15(3-6-19(13)21)16-9-17-4-5-18(10-16)24(17)20(25)7-2-14-11-22-23-12-14/h3,6,8,11-12,16-18H,2,4-5,7,9-10H2,1H3,(H,22,23)/t16?,17-,18+. The Morgan fingerprint density at radius 1 is 1.32 bits per heavy atom. The number of carbonyl (C=O) groups is 1. The molecule has 25 heavy (non-hydrogen) atoms. The lowest BCUT2D eigenvalue weighted by atomic mass is 9.84. The maximum Gasteiger partial charge on any atom is 0.223 e. The van der Waals surface area contributed by atoms with Gasteiger partial charge in [0.2, 0.25) is 5.91 Å². The van der Waals surface area contributed by atoms with Gasteiger partial charge in [-0.1, -0.05) is 12.1 Å². The fraction of sp³-hybridized carbons (Fsp3) is 0.500. The molecule has 0 saturated carbocycles. The molecule has 3 heterocycles. The van der Waals surface area contributed by atoms with E-state index >= 15 is 0 Å². The number of nitrogens with one attached hydrogen (secondary N) is 1. The summed E-state index contributed by atoms with van der Waals surface area (Å²) in [5.41, 5.74) is 3.02. The average molecular weight is 341 g/mol. The van der Waals surface area contributed by atoms with Crippen molar-refractivity contribution in [3.05, 3.63) is 53.1 Å². The molecule has 2 aliphatic rings. The van der Waals surface area contributed by atoms with E-state index in [4.69, 9.17) is 0 Å². The van der Waals surface area contributed by atoms with Crippen molar-refractivity contribution >= 4 is 5.91 Å². The minimum atomic E-state index is -0.140. The van der Waals surface area contributed by atoms with Crippen LogP contribution in [0, 0.1) is 12.7 Å². The summed E-state index contributed by atoms with van der Waals surface area (Å²) in [6, 6.07) is 6.16. The van der Waals surface area contributed by atoms with Gasteiger partial charge in [-0.15, -0.1) is 0 Å². The Hall–Kier alpha value is -2.17. The molecule has 0 radical (unpaired) electrons. The zero-order valence-corrected chi connectivity index (χ0v) is 14.5. The zero-order chi connectivity index (χ0) is 17.4. The number of fused-ring (bicyclic) bond motifs is 2. The van der Waals surface area contributed by atoms with E-state index in [9.17, 15) is 9.18 Å². The van der Waals surface area contributed by atoms with Crippen LogP contribution in [0.15, 0.2) is 30.6 Å². The number of aromatic amines is 1. The van der Waals surface area contributed by atoms with Crippen molar-refractivity contribution in [2.24, 2.45) is 0 Å². The van der Waals surface area contributed by atoms with Crippen molar-refractivity contribution in [3.63, 3.8) is 0 Å². The molecule has 2 aromatic rings.